The Balaban J connectivity index is 0.00000162. The number of nitrogens with zero attached hydrogens (tertiary/aromatic N) is 1. The summed E-state index contributed by atoms with van der Waals surface area (Å²) in [6.45, 7) is 1.53. The standard InChI is InChI=1S/C11H17F3N2O.ClH/c12-11(13,14)3-4-16(7-8-1-2-8)10(17)9-5-15-6-9;/h8-9,15H,1-7H2;1H. The highest BCUT2D eigenvalue weighted by Crippen LogP contribution is 2.31. The number of hydrogen-bond acceptors (Lipinski definition) is 2. The van der Waals surface area contributed by atoms with Crippen LogP contribution < -0.4 is 5.32 Å². The molecule has 1 saturated heterocycles. The lowest BCUT2D eigenvalue weighted by Gasteiger charge is -2.32. The van der Waals surface area contributed by atoms with Crippen molar-refractivity contribution in [2.24, 2.45) is 11.8 Å². The van der Waals surface area contributed by atoms with Crippen LogP contribution in [0, 0.1) is 11.8 Å². The molecule has 3 nitrogen and oxygen atoms in total. The van der Waals surface area contributed by atoms with Crippen LogP contribution in [0.1, 0.15) is 19.3 Å². The van der Waals surface area contributed by atoms with E-state index in [1.54, 1.807) is 0 Å². The summed E-state index contributed by atoms with van der Waals surface area (Å²) < 4.78 is 36.5. The van der Waals surface area contributed by atoms with Gasteiger partial charge in [0.25, 0.3) is 0 Å². The maximum Gasteiger partial charge on any atom is 0.390 e. The summed E-state index contributed by atoms with van der Waals surface area (Å²) in [5, 5.41) is 2.97. The molecule has 1 aliphatic heterocycles. The van der Waals surface area contributed by atoms with Gasteiger partial charge in [-0.1, -0.05) is 0 Å². The fourth-order valence-corrected chi connectivity index (χ4v) is 1.89. The molecule has 106 valence electrons. The van der Waals surface area contributed by atoms with Gasteiger partial charge in [-0.05, 0) is 18.8 Å². The lowest BCUT2D eigenvalue weighted by atomic mass is 10.0. The molecule has 0 aromatic rings. The zero-order valence-electron chi connectivity index (χ0n) is 10.0. The lowest BCUT2D eigenvalue weighted by Crippen LogP contribution is -2.52. The Labute approximate surface area is 110 Å². The first-order valence-electron chi connectivity index (χ1n) is 6.02. The molecule has 0 aromatic heterocycles. The van der Waals surface area contributed by atoms with Crippen molar-refractivity contribution in [3.63, 3.8) is 0 Å². The third-order valence-electron chi connectivity index (χ3n) is 3.28. The number of rotatable bonds is 5. The van der Waals surface area contributed by atoms with E-state index in [1.807, 2.05) is 0 Å². The van der Waals surface area contributed by atoms with Crippen LogP contribution in [-0.4, -0.2) is 43.2 Å². The summed E-state index contributed by atoms with van der Waals surface area (Å²) in [6, 6.07) is 0. The molecule has 2 fully saturated rings. The first-order valence-corrected chi connectivity index (χ1v) is 6.02. The Kier molecular flexibility index (Phi) is 5.28. The van der Waals surface area contributed by atoms with E-state index in [2.05, 4.69) is 5.32 Å². The van der Waals surface area contributed by atoms with Crippen molar-refractivity contribution < 1.29 is 18.0 Å². The Bertz CT molecular complexity index is 291. The van der Waals surface area contributed by atoms with E-state index in [1.165, 1.54) is 4.90 Å². The van der Waals surface area contributed by atoms with Crippen LogP contribution in [0.2, 0.25) is 0 Å². The molecule has 18 heavy (non-hydrogen) atoms. The van der Waals surface area contributed by atoms with Crippen LogP contribution >= 0.6 is 12.4 Å². The van der Waals surface area contributed by atoms with Gasteiger partial charge >= 0.3 is 6.18 Å². The summed E-state index contributed by atoms with van der Waals surface area (Å²) in [4.78, 5) is 13.3. The molecule has 2 rings (SSSR count). The van der Waals surface area contributed by atoms with E-state index in [0.717, 1.165) is 12.8 Å². The smallest absolute Gasteiger partial charge is 0.342 e. The van der Waals surface area contributed by atoms with Gasteiger partial charge in [0, 0.05) is 26.2 Å². The molecule has 1 N–H and O–H groups in total. The molecule has 0 bridgehead atoms. The first-order chi connectivity index (χ1) is 7.96. The molecule has 0 radical (unpaired) electrons. The SMILES string of the molecule is Cl.O=C(C1CNC1)N(CCC(F)(F)F)CC1CC1. The van der Waals surface area contributed by atoms with E-state index in [0.29, 0.717) is 25.6 Å². The molecule has 1 saturated carbocycles. The predicted octanol–water partition coefficient (Wildman–Crippen LogP) is 1.82. The molecular formula is C11H18ClF3N2O. The fraction of sp³-hybridized carbons (Fsp3) is 0.909. The highest BCUT2D eigenvalue weighted by atomic mass is 35.5. The zero-order chi connectivity index (χ0) is 12.5. The van der Waals surface area contributed by atoms with Crippen LogP contribution in [-0.2, 0) is 4.79 Å². The average molecular weight is 287 g/mol. The summed E-state index contributed by atoms with van der Waals surface area (Å²) in [5.41, 5.74) is 0. The normalized spacial score (nSPS) is 19.9. The Morgan fingerprint density at radius 2 is 1.89 bits per heavy atom. The highest BCUT2D eigenvalue weighted by Gasteiger charge is 2.35. The number of nitrogens with one attached hydrogen (secondary N) is 1. The van der Waals surface area contributed by atoms with Gasteiger partial charge < -0.3 is 10.2 Å². The molecule has 1 amide bonds. The molecule has 7 heteroatoms. The number of amides is 1. The van der Waals surface area contributed by atoms with Crippen molar-refractivity contribution in [3.05, 3.63) is 0 Å². The van der Waals surface area contributed by atoms with Gasteiger partial charge in [-0.3, -0.25) is 4.79 Å². The fourth-order valence-electron chi connectivity index (χ4n) is 1.89. The first kappa shape index (κ1) is 15.6. The summed E-state index contributed by atoms with van der Waals surface area (Å²) in [5.74, 6) is 0.210. The molecule has 1 heterocycles. The van der Waals surface area contributed by atoms with Gasteiger partial charge in [-0.2, -0.15) is 13.2 Å². The van der Waals surface area contributed by atoms with Crippen LogP contribution in [0.25, 0.3) is 0 Å². The maximum absolute atomic E-state index is 12.2. The van der Waals surface area contributed by atoms with E-state index in [4.69, 9.17) is 0 Å². The average Bonchev–Trinajstić information content (AvgIpc) is 2.90. The molecule has 0 unspecified atom stereocenters. The third-order valence-corrected chi connectivity index (χ3v) is 3.28. The van der Waals surface area contributed by atoms with Crippen molar-refractivity contribution in [2.75, 3.05) is 26.2 Å². The van der Waals surface area contributed by atoms with E-state index >= 15 is 0 Å². The molecule has 0 spiro atoms. The zero-order valence-corrected chi connectivity index (χ0v) is 10.8. The molecule has 0 atom stereocenters. The van der Waals surface area contributed by atoms with E-state index < -0.39 is 12.6 Å². The molecule has 1 aliphatic carbocycles. The topological polar surface area (TPSA) is 32.3 Å². The number of hydrogen-bond donors (Lipinski definition) is 1. The largest absolute Gasteiger partial charge is 0.390 e. The summed E-state index contributed by atoms with van der Waals surface area (Å²) in [7, 11) is 0. The second-order valence-corrected chi connectivity index (χ2v) is 4.95. The Hall–Kier alpha value is -0.490. The lowest BCUT2D eigenvalue weighted by molar-refractivity contribution is -0.148. The molecular weight excluding hydrogens is 269 g/mol. The van der Waals surface area contributed by atoms with Crippen LogP contribution in [0.15, 0.2) is 0 Å². The minimum atomic E-state index is -4.18. The van der Waals surface area contributed by atoms with Gasteiger partial charge in [0.05, 0.1) is 12.3 Å². The van der Waals surface area contributed by atoms with Gasteiger partial charge in [0.15, 0.2) is 0 Å². The van der Waals surface area contributed by atoms with E-state index in [9.17, 15) is 18.0 Å². The highest BCUT2D eigenvalue weighted by molar-refractivity contribution is 5.85. The Morgan fingerprint density at radius 1 is 1.28 bits per heavy atom. The molecule has 0 aromatic carbocycles. The van der Waals surface area contributed by atoms with E-state index in [-0.39, 0.29) is 30.8 Å². The predicted molar refractivity (Wildman–Crippen MR) is 63.6 cm³/mol. The minimum Gasteiger partial charge on any atom is -0.342 e. The number of carbonyl (C=O) groups is 1. The van der Waals surface area contributed by atoms with Crippen LogP contribution in [0.5, 0.6) is 0 Å². The van der Waals surface area contributed by atoms with Gasteiger partial charge in [-0.25, -0.2) is 0 Å². The summed E-state index contributed by atoms with van der Waals surface area (Å²) in [6.07, 6.45) is -3.00. The van der Waals surface area contributed by atoms with Crippen LogP contribution in [0.3, 0.4) is 0 Å². The summed E-state index contributed by atoms with van der Waals surface area (Å²) >= 11 is 0. The van der Waals surface area contributed by atoms with Crippen molar-refractivity contribution in [1.82, 2.24) is 10.2 Å². The van der Waals surface area contributed by atoms with Crippen molar-refractivity contribution in [3.8, 4) is 0 Å². The Morgan fingerprint density at radius 3 is 2.28 bits per heavy atom. The minimum absolute atomic E-state index is 0. The number of halogens is 4. The monoisotopic (exact) mass is 286 g/mol. The quantitative estimate of drug-likeness (QED) is 0.836. The van der Waals surface area contributed by atoms with Gasteiger partial charge in [-0.15, -0.1) is 12.4 Å². The van der Waals surface area contributed by atoms with Gasteiger partial charge in [0.2, 0.25) is 5.91 Å². The second kappa shape index (κ2) is 6.10. The number of alkyl halides is 3. The maximum atomic E-state index is 12.2. The van der Waals surface area contributed by atoms with Gasteiger partial charge in [0.1, 0.15) is 0 Å². The third kappa shape index (κ3) is 4.65. The van der Waals surface area contributed by atoms with Crippen molar-refractivity contribution in [1.29, 1.82) is 0 Å². The second-order valence-electron chi connectivity index (χ2n) is 4.95. The number of carbonyl (C=O) groups excluding carboxylic acids is 1. The van der Waals surface area contributed by atoms with Crippen LogP contribution in [0.4, 0.5) is 13.2 Å². The van der Waals surface area contributed by atoms with Crippen molar-refractivity contribution >= 4 is 18.3 Å². The van der Waals surface area contributed by atoms with Crippen molar-refractivity contribution in [2.45, 2.75) is 25.4 Å². The molecule has 2 aliphatic rings.